The molecule has 0 bridgehead atoms. The number of para-hydroxylation sites is 1. The van der Waals surface area contributed by atoms with Gasteiger partial charge in [-0.25, -0.2) is 4.39 Å². The molecule has 0 spiro atoms. The summed E-state index contributed by atoms with van der Waals surface area (Å²) in [4.78, 5) is 0. The molecular weight excluding hydrogens is 207 g/mol. The van der Waals surface area contributed by atoms with Crippen molar-refractivity contribution in [3.63, 3.8) is 0 Å². The van der Waals surface area contributed by atoms with Crippen LogP contribution in [0.5, 0.6) is 0 Å². The van der Waals surface area contributed by atoms with E-state index in [1.165, 1.54) is 6.07 Å². The fourth-order valence-corrected chi connectivity index (χ4v) is 2.09. The first-order chi connectivity index (χ1) is 7.68. The molecule has 4 heteroatoms. The van der Waals surface area contributed by atoms with Crippen molar-refractivity contribution in [2.75, 3.05) is 18.5 Å². The van der Waals surface area contributed by atoms with Crippen LogP contribution in [0, 0.1) is 5.82 Å². The number of ether oxygens (including phenoxy) is 1. The molecule has 1 aromatic rings. The number of nitrogens with two attached hydrogens (primary N) is 1. The first-order valence-corrected chi connectivity index (χ1v) is 5.52. The number of hydrogen-bond donors (Lipinski definition) is 2. The lowest BCUT2D eigenvalue weighted by Gasteiger charge is -2.33. The third-order valence-electron chi connectivity index (χ3n) is 3.32. The van der Waals surface area contributed by atoms with Crippen molar-refractivity contribution in [3.8, 4) is 0 Å². The minimum atomic E-state index is -0.345. The summed E-state index contributed by atoms with van der Waals surface area (Å²) in [7, 11) is 0. The van der Waals surface area contributed by atoms with Gasteiger partial charge < -0.3 is 15.8 Å². The van der Waals surface area contributed by atoms with Gasteiger partial charge in [-0.1, -0.05) is 12.1 Å². The smallest absolute Gasteiger partial charge is 0.146 e. The summed E-state index contributed by atoms with van der Waals surface area (Å²) in [5.41, 5.74) is 5.94. The van der Waals surface area contributed by atoms with Crippen molar-refractivity contribution < 1.29 is 9.13 Å². The molecule has 1 aromatic carbocycles. The summed E-state index contributed by atoms with van der Waals surface area (Å²) < 4.78 is 19.0. The Morgan fingerprint density at radius 3 is 2.88 bits per heavy atom. The minimum absolute atomic E-state index is 0.00268. The van der Waals surface area contributed by atoms with Gasteiger partial charge in [0.15, 0.2) is 0 Å². The summed E-state index contributed by atoms with van der Waals surface area (Å²) in [6.07, 6.45) is 0.802. The molecule has 1 fully saturated rings. The Morgan fingerprint density at radius 2 is 2.31 bits per heavy atom. The Morgan fingerprint density at radius 1 is 1.56 bits per heavy atom. The van der Waals surface area contributed by atoms with E-state index in [1.54, 1.807) is 18.2 Å². The monoisotopic (exact) mass is 224 g/mol. The highest BCUT2D eigenvalue weighted by atomic mass is 19.1. The standard InChI is InChI=1S/C12H17FN2O/c1-9-12(8-14,6-7-16-9)15-11-5-3-2-4-10(11)13/h2-5,9,15H,6-8,14H2,1H3. The number of halogens is 1. The normalized spacial score (nSPS) is 29.3. The van der Waals surface area contributed by atoms with Crippen LogP contribution in [-0.2, 0) is 4.74 Å². The second-order valence-corrected chi connectivity index (χ2v) is 4.23. The Hall–Kier alpha value is -1.13. The van der Waals surface area contributed by atoms with E-state index in [9.17, 15) is 4.39 Å². The first-order valence-electron chi connectivity index (χ1n) is 5.52. The van der Waals surface area contributed by atoms with Crippen LogP contribution in [0.15, 0.2) is 24.3 Å². The van der Waals surface area contributed by atoms with Gasteiger partial charge >= 0.3 is 0 Å². The maximum Gasteiger partial charge on any atom is 0.146 e. The van der Waals surface area contributed by atoms with Crippen molar-refractivity contribution in [1.82, 2.24) is 0 Å². The topological polar surface area (TPSA) is 47.3 Å². The van der Waals surface area contributed by atoms with E-state index >= 15 is 0 Å². The molecule has 1 aliphatic heterocycles. The van der Waals surface area contributed by atoms with Crippen molar-refractivity contribution in [1.29, 1.82) is 0 Å². The van der Waals surface area contributed by atoms with E-state index in [2.05, 4.69) is 5.32 Å². The van der Waals surface area contributed by atoms with Crippen molar-refractivity contribution in [2.24, 2.45) is 5.73 Å². The summed E-state index contributed by atoms with van der Waals surface area (Å²) in [5.74, 6) is -0.255. The molecule has 0 radical (unpaired) electrons. The molecular formula is C12H17FN2O. The molecule has 3 nitrogen and oxygen atoms in total. The van der Waals surface area contributed by atoms with Crippen LogP contribution < -0.4 is 11.1 Å². The molecule has 3 N–H and O–H groups in total. The molecule has 0 aliphatic carbocycles. The van der Waals surface area contributed by atoms with Gasteiger partial charge in [0, 0.05) is 13.2 Å². The molecule has 16 heavy (non-hydrogen) atoms. The molecule has 0 amide bonds. The largest absolute Gasteiger partial charge is 0.376 e. The fourth-order valence-electron chi connectivity index (χ4n) is 2.09. The number of hydrogen-bond acceptors (Lipinski definition) is 3. The average molecular weight is 224 g/mol. The molecule has 1 aliphatic rings. The molecule has 1 saturated heterocycles. The quantitative estimate of drug-likeness (QED) is 0.822. The number of nitrogens with one attached hydrogen (secondary N) is 1. The van der Waals surface area contributed by atoms with Crippen LogP contribution in [0.1, 0.15) is 13.3 Å². The van der Waals surface area contributed by atoms with Gasteiger partial charge in [-0.15, -0.1) is 0 Å². The van der Waals surface area contributed by atoms with Crippen LogP contribution in [-0.4, -0.2) is 24.8 Å². The van der Waals surface area contributed by atoms with Gasteiger partial charge in [0.2, 0.25) is 0 Å². The van der Waals surface area contributed by atoms with Crippen LogP contribution in [0.25, 0.3) is 0 Å². The lowest BCUT2D eigenvalue weighted by atomic mass is 9.91. The molecule has 2 rings (SSSR count). The third-order valence-corrected chi connectivity index (χ3v) is 3.32. The van der Waals surface area contributed by atoms with E-state index in [1.807, 2.05) is 6.92 Å². The van der Waals surface area contributed by atoms with Crippen molar-refractivity contribution in [3.05, 3.63) is 30.1 Å². The molecule has 0 aromatic heterocycles. The zero-order chi connectivity index (χ0) is 11.6. The molecule has 2 atom stereocenters. The van der Waals surface area contributed by atoms with E-state index in [4.69, 9.17) is 10.5 Å². The first kappa shape index (κ1) is 11.4. The Balaban J connectivity index is 2.22. The molecule has 1 heterocycles. The number of rotatable bonds is 3. The van der Waals surface area contributed by atoms with Crippen LogP contribution in [0.3, 0.4) is 0 Å². The third kappa shape index (κ3) is 1.90. The van der Waals surface area contributed by atoms with Gasteiger partial charge in [0.1, 0.15) is 5.82 Å². The minimum Gasteiger partial charge on any atom is -0.376 e. The van der Waals surface area contributed by atoms with E-state index in [0.717, 1.165) is 6.42 Å². The molecule has 88 valence electrons. The molecule has 2 unspecified atom stereocenters. The highest BCUT2D eigenvalue weighted by Gasteiger charge is 2.40. The lowest BCUT2D eigenvalue weighted by molar-refractivity contribution is 0.103. The van der Waals surface area contributed by atoms with E-state index < -0.39 is 0 Å². The SMILES string of the molecule is CC1OCCC1(CN)Nc1ccccc1F. The molecule has 0 saturated carbocycles. The summed E-state index contributed by atoms with van der Waals surface area (Å²) >= 11 is 0. The highest BCUT2D eigenvalue weighted by Crippen LogP contribution is 2.30. The summed E-state index contributed by atoms with van der Waals surface area (Å²) in [5, 5.41) is 3.20. The fraction of sp³-hybridized carbons (Fsp3) is 0.500. The van der Waals surface area contributed by atoms with Gasteiger partial charge in [0.25, 0.3) is 0 Å². The van der Waals surface area contributed by atoms with Gasteiger partial charge in [-0.3, -0.25) is 0 Å². The van der Waals surface area contributed by atoms with E-state index in [-0.39, 0.29) is 17.5 Å². The maximum absolute atomic E-state index is 13.5. The average Bonchev–Trinajstić information content (AvgIpc) is 2.64. The summed E-state index contributed by atoms with van der Waals surface area (Å²) in [6, 6.07) is 6.63. The number of anilines is 1. The highest BCUT2D eigenvalue weighted by molar-refractivity contribution is 5.47. The van der Waals surface area contributed by atoms with Crippen LogP contribution in [0.4, 0.5) is 10.1 Å². The van der Waals surface area contributed by atoms with Crippen LogP contribution >= 0.6 is 0 Å². The van der Waals surface area contributed by atoms with Gasteiger partial charge in [0.05, 0.1) is 17.3 Å². The Bertz CT molecular complexity index is 372. The predicted molar refractivity (Wildman–Crippen MR) is 61.8 cm³/mol. The number of benzene rings is 1. The van der Waals surface area contributed by atoms with Crippen molar-refractivity contribution >= 4 is 5.69 Å². The summed E-state index contributed by atoms with van der Waals surface area (Å²) in [6.45, 7) is 3.07. The predicted octanol–water partition coefficient (Wildman–Crippen LogP) is 1.74. The Kier molecular flexibility index (Phi) is 3.12. The second-order valence-electron chi connectivity index (χ2n) is 4.23. The van der Waals surface area contributed by atoms with Gasteiger partial charge in [-0.05, 0) is 25.5 Å². The zero-order valence-corrected chi connectivity index (χ0v) is 9.37. The van der Waals surface area contributed by atoms with E-state index in [0.29, 0.717) is 18.8 Å². The lowest BCUT2D eigenvalue weighted by Crippen LogP contribution is -2.51. The Labute approximate surface area is 94.8 Å². The van der Waals surface area contributed by atoms with Crippen molar-refractivity contribution in [2.45, 2.75) is 25.0 Å². The maximum atomic E-state index is 13.5. The second kappa shape index (κ2) is 4.39. The van der Waals surface area contributed by atoms with Crippen LogP contribution in [0.2, 0.25) is 0 Å². The van der Waals surface area contributed by atoms with Gasteiger partial charge in [-0.2, -0.15) is 0 Å². The zero-order valence-electron chi connectivity index (χ0n) is 9.37.